The molecule has 2 aromatic carbocycles. The number of carbonyl (C=O) groups is 2. The Bertz CT molecular complexity index is 933. The van der Waals surface area contributed by atoms with E-state index < -0.39 is 0 Å². The van der Waals surface area contributed by atoms with E-state index in [0.29, 0.717) is 31.2 Å². The van der Waals surface area contributed by atoms with Gasteiger partial charge < -0.3 is 20.6 Å². The predicted octanol–water partition coefficient (Wildman–Crippen LogP) is 3.10. The van der Waals surface area contributed by atoms with Gasteiger partial charge in [-0.15, -0.1) is 0 Å². The first-order valence-corrected chi connectivity index (χ1v) is 11.9. The van der Waals surface area contributed by atoms with Crippen LogP contribution in [0.15, 0.2) is 54.6 Å². The number of carbonyl (C=O) groups excluding carboxylic acids is 2. The molecular formula is C27H37N3O3. The van der Waals surface area contributed by atoms with Crippen LogP contribution in [0.1, 0.15) is 37.8 Å². The number of amides is 2. The largest absolute Gasteiger partial charge is 0.508 e. The van der Waals surface area contributed by atoms with Crippen LogP contribution in [0.25, 0.3) is 0 Å². The zero-order valence-corrected chi connectivity index (χ0v) is 20.0. The van der Waals surface area contributed by atoms with Crippen molar-refractivity contribution in [1.29, 1.82) is 0 Å². The standard InChI is InChI=1S/C27H37N3O3/c1-20-18-30(15-13-27(20,2)23-10-7-11-24(31)17-23)19-22(16-21-8-5-4-6-9-21)26(33)29-14-12-25(32)28-3/h4-11,17,20,22,31H,12-16,18-19H2,1-3H3,(H,28,32)(H,29,33). The second-order valence-electron chi connectivity index (χ2n) is 9.48. The number of rotatable bonds is 9. The molecule has 1 heterocycles. The molecule has 3 unspecified atom stereocenters. The molecule has 6 nitrogen and oxygen atoms in total. The maximum Gasteiger partial charge on any atom is 0.224 e. The topological polar surface area (TPSA) is 81.7 Å². The molecule has 3 atom stereocenters. The van der Waals surface area contributed by atoms with Crippen LogP contribution in [-0.4, -0.2) is 55.0 Å². The smallest absolute Gasteiger partial charge is 0.224 e. The highest BCUT2D eigenvalue weighted by Gasteiger charge is 2.39. The normalized spacial score (nSPS) is 21.8. The maximum absolute atomic E-state index is 13.1. The van der Waals surface area contributed by atoms with Crippen molar-refractivity contribution >= 4 is 11.8 Å². The molecule has 178 valence electrons. The third-order valence-corrected chi connectivity index (χ3v) is 7.18. The molecular weight excluding hydrogens is 414 g/mol. The summed E-state index contributed by atoms with van der Waals surface area (Å²) in [7, 11) is 1.60. The first kappa shape index (κ1) is 24.8. The number of hydrogen-bond acceptors (Lipinski definition) is 4. The number of phenolic OH excluding ortho intramolecular Hbond substituents is 1. The van der Waals surface area contributed by atoms with Gasteiger partial charge >= 0.3 is 0 Å². The molecule has 2 aromatic rings. The Balaban J connectivity index is 1.66. The van der Waals surface area contributed by atoms with Crippen LogP contribution in [0.2, 0.25) is 0 Å². The molecule has 0 saturated carbocycles. The van der Waals surface area contributed by atoms with Gasteiger partial charge in [0.1, 0.15) is 5.75 Å². The number of nitrogens with zero attached hydrogens (tertiary/aromatic N) is 1. The van der Waals surface area contributed by atoms with E-state index in [4.69, 9.17) is 0 Å². The van der Waals surface area contributed by atoms with E-state index in [9.17, 15) is 14.7 Å². The summed E-state index contributed by atoms with van der Waals surface area (Å²) in [4.78, 5) is 27.0. The second kappa shape index (κ2) is 11.3. The van der Waals surface area contributed by atoms with Crippen molar-refractivity contribution in [2.24, 2.45) is 11.8 Å². The SMILES string of the molecule is CNC(=O)CCNC(=O)C(Cc1ccccc1)CN1CCC(C)(c2cccc(O)c2)C(C)C1. The number of phenols is 1. The molecule has 1 fully saturated rings. The summed E-state index contributed by atoms with van der Waals surface area (Å²) in [5.41, 5.74) is 2.29. The van der Waals surface area contributed by atoms with Crippen LogP contribution in [0.3, 0.4) is 0 Å². The van der Waals surface area contributed by atoms with Gasteiger partial charge in [-0.3, -0.25) is 9.59 Å². The lowest BCUT2D eigenvalue weighted by atomic mass is 9.68. The Morgan fingerprint density at radius 2 is 1.94 bits per heavy atom. The molecule has 1 saturated heterocycles. The van der Waals surface area contributed by atoms with E-state index in [1.807, 2.05) is 30.3 Å². The van der Waals surface area contributed by atoms with E-state index in [2.05, 4.69) is 47.6 Å². The fourth-order valence-electron chi connectivity index (χ4n) is 4.79. The Hall–Kier alpha value is -2.86. The summed E-state index contributed by atoms with van der Waals surface area (Å²) in [6.45, 7) is 7.34. The van der Waals surface area contributed by atoms with E-state index in [0.717, 1.165) is 25.1 Å². The number of benzene rings is 2. The monoisotopic (exact) mass is 451 g/mol. The van der Waals surface area contributed by atoms with Gasteiger partial charge in [0, 0.05) is 33.1 Å². The number of nitrogens with one attached hydrogen (secondary N) is 2. The summed E-state index contributed by atoms with van der Waals surface area (Å²) >= 11 is 0. The minimum Gasteiger partial charge on any atom is -0.508 e. The van der Waals surface area contributed by atoms with Crippen LogP contribution < -0.4 is 10.6 Å². The van der Waals surface area contributed by atoms with Crippen LogP contribution in [0.5, 0.6) is 5.75 Å². The number of hydrogen-bond donors (Lipinski definition) is 3. The van der Waals surface area contributed by atoms with Crippen molar-refractivity contribution in [3.63, 3.8) is 0 Å². The second-order valence-corrected chi connectivity index (χ2v) is 9.48. The van der Waals surface area contributed by atoms with Crippen molar-refractivity contribution in [2.45, 2.75) is 38.5 Å². The lowest BCUT2D eigenvalue weighted by Gasteiger charge is -2.45. The molecule has 0 aliphatic carbocycles. The maximum atomic E-state index is 13.1. The van der Waals surface area contributed by atoms with Gasteiger partial charge in [-0.1, -0.05) is 56.3 Å². The Labute approximate surface area is 197 Å². The van der Waals surface area contributed by atoms with E-state index in [-0.39, 0.29) is 29.6 Å². The highest BCUT2D eigenvalue weighted by atomic mass is 16.3. The molecule has 1 aliphatic heterocycles. The lowest BCUT2D eigenvalue weighted by Crippen LogP contribution is -2.50. The summed E-state index contributed by atoms with van der Waals surface area (Å²) in [5, 5.41) is 15.5. The average molecular weight is 452 g/mol. The number of aromatic hydroxyl groups is 1. The molecule has 3 rings (SSSR count). The van der Waals surface area contributed by atoms with Crippen molar-refractivity contribution in [3.8, 4) is 5.75 Å². The Kier molecular flexibility index (Phi) is 8.50. The quantitative estimate of drug-likeness (QED) is 0.547. The summed E-state index contributed by atoms with van der Waals surface area (Å²) < 4.78 is 0. The highest BCUT2D eigenvalue weighted by Crippen LogP contribution is 2.40. The third-order valence-electron chi connectivity index (χ3n) is 7.18. The number of piperidine rings is 1. The minimum atomic E-state index is -0.186. The lowest BCUT2D eigenvalue weighted by molar-refractivity contribution is -0.126. The van der Waals surface area contributed by atoms with Crippen molar-refractivity contribution in [2.75, 3.05) is 33.2 Å². The minimum absolute atomic E-state index is 0.00303. The molecule has 2 amide bonds. The van der Waals surface area contributed by atoms with Gasteiger partial charge in [0.15, 0.2) is 0 Å². The van der Waals surface area contributed by atoms with Crippen molar-refractivity contribution in [1.82, 2.24) is 15.5 Å². The van der Waals surface area contributed by atoms with Crippen molar-refractivity contribution in [3.05, 3.63) is 65.7 Å². The van der Waals surface area contributed by atoms with Gasteiger partial charge in [0.05, 0.1) is 5.92 Å². The van der Waals surface area contributed by atoms with Crippen LogP contribution in [0.4, 0.5) is 0 Å². The zero-order valence-electron chi connectivity index (χ0n) is 20.0. The first-order chi connectivity index (χ1) is 15.8. The van der Waals surface area contributed by atoms with Crippen molar-refractivity contribution < 1.29 is 14.7 Å². The predicted molar refractivity (Wildman–Crippen MR) is 131 cm³/mol. The summed E-state index contributed by atoms with van der Waals surface area (Å²) in [6, 6.07) is 17.7. The average Bonchev–Trinajstić information content (AvgIpc) is 2.81. The molecule has 0 aromatic heterocycles. The van der Waals surface area contributed by atoms with Gasteiger partial charge in [-0.05, 0) is 54.0 Å². The molecule has 3 N–H and O–H groups in total. The highest BCUT2D eigenvalue weighted by molar-refractivity contribution is 5.80. The van der Waals surface area contributed by atoms with Gasteiger partial charge in [-0.25, -0.2) is 0 Å². The summed E-state index contributed by atoms with van der Waals surface area (Å²) in [5.74, 6) is 0.415. The van der Waals surface area contributed by atoms with E-state index in [1.54, 1.807) is 13.1 Å². The molecule has 0 radical (unpaired) electrons. The Morgan fingerprint density at radius 1 is 1.18 bits per heavy atom. The van der Waals surface area contributed by atoms with E-state index >= 15 is 0 Å². The fourth-order valence-corrected chi connectivity index (χ4v) is 4.79. The van der Waals surface area contributed by atoms with Gasteiger partial charge in [0.25, 0.3) is 0 Å². The molecule has 0 spiro atoms. The molecule has 6 heteroatoms. The fraction of sp³-hybridized carbons (Fsp3) is 0.481. The van der Waals surface area contributed by atoms with Crippen LogP contribution >= 0.6 is 0 Å². The third kappa shape index (κ3) is 6.57. The van der Waals surface area contributed by atoms with E-state index in [1.165, 1.54) is 5.56 Å². The van der Waals surface area contributed by atoms with Crippen LogP contribution in [0, 0.1) is 11.8 Å². The Morgan fingerprint density at radius 3 is 2.61 bits per heavy atom. The zero-order chi connectivity index (χ0) is 23.8. The van der Waals surface area contributed by atoms with Gasteiger partial charge in [-0.2, -0.15) is 0 Å². The van der Waals surface area contributed by atoms with Crippen LogP contribution in [-0.2, 0) is 21.4 Å². The number of likely N-dealkylation sites (tertiary alicyclic amines) is 1. The summed E-state index contributed by atoms with van der Waals surface area (Å²) in [6.07, 6.45) is 1.92. The molecule has 1 aliphatic rings. The van der Waals surface area contributed by atoms with Gasteiger partial charge in [0.2, 0.25) is 11.8 Å². The first-order valence-electron chi connectivity index (χ1n) is 11.9. The molecule has 33 heavy (non-hydrogen) atoms. The molecule has 0 bridgehead atoms.